The molecule has 1 amide bonds. The van der Waals surface area contributed by atoms with E-state index in [1.165, 1.54) is 51.6 Å². The Bertz CT molecular complexity index is 283. The molecule has 1 heterocycles. The summed E-state index contributed by atoms with van der Waals surface area (Å²) in [6.07, 6.45) is 8.60. The average molecular weight is 267 g/mol. The van der Waals surface area contributed by atoms with Crippen LogP contribution in [0.4, 0.5) is 0 Å². The zero-order valence-electron chi connectivity index (χ0n) is 12.2. The summed E-state index contributed by atoms with van der Waals surface area (Å²) < 4.78 is 0. The number of carbonyl (C=O) groups excluding carboxylic acids is 1. The maximum atomic E-state index is 11.4. The lowest BCUT2D eigenvalue weighted by molar-refractivity contribution is -0.120. The number of nitrogens with one attached hydrogen (secondary N) is 1. The average Bonchev–Trinajstić information content (AvgIpc) is 3.20. The molecular formula is C15H29N3O. The monoisotopic (exact) mass is 267 g/mol. The molecule has 110 valence electrons. The third-order valence-corrected chi connectivity index (χ3v) is 4.50. The molecule has 1 aliphatic heterocycles. The SMILES string of the molecule is CCCC1CCN(CCC(NC2CC2)C(N)=O)CC1. The van der Waals surface area contributed by atoms with E-state index in [0.717, 1.165) is 18.9 Å². The van der Waals surface area contributed by atoms with Crippen molar-refractivity contribution in [3.63, 3.8) is 0 Å². The van der Waals surface area contributed by atoms with Crippen molar-refractivity contribution < 1.29 is 4.79 Å². The molecule has 1 atom stereocenters. The predicted molar refractivity (Wildman–Crippen MR) is 77.8 cm³/mol. The van der Waals surface area contributed by atoms with E-state index in [9.17, 15) is 4.79 Å². The molecule has 0 spiro atoms. The van der Waals surface area contributed by atoms with Crippen LogP contribution in [0.3, 0.4) is 0 Å². The van der Waals surface area contributed by atoms with E-state index < -0.39 is 0 Å². The molecule has 0 aromatic carbocycles. The third-order valence-electron chi connectivity index (χ3n) is 4.50. The highest BCUT2D eigenvalue weighted by Gasteiger charge is 2.27. The Hall–Kier alpha value is -0.610. The summed E-state index contributed by atoms with van der Waals surface area (Å²) in [4.78, 5) is 13.9. The fourth-order valence-electron chi connectivity index (χ4n) is 3.06. The molecule has 19 heavy (non-hydrogen) atoms. The minimum Gasteiger partial charge on any atom is -0.368 e. The first kappa shape index (κ1) is 14.8. The number of rotatable bonds is 8. The number of hydrogen-bond acceptors (Lipinski definition) is 3. The second-order valence-corrected chi connectivity index (χ2v) is 6.26. The number of likely N-dealkylation sites (tertiary alicyclic amines) is 1. The van der Waals surface area contributed by atoms with Gasteiger partial charge in [-0.25, -0.2) is 0 Å². The summed E-state index contributed by atoms with van der Waals surface area (Å²) in [7, 11) is 0. The molecule has 1 saturated carbocycles. The molecule has 2 fully saturated rings. The molecule has 2 rings (SSSR count). The van der Waals surface area contributed by atoms with Crippen LogP contribution < -0.4 is 11.1 Å². The molecule has 0 aromatic rings. The number of nitrogens with two attached hydrogens (primary N) is 1. The predicted octanol–water partition coefficient (Wildman–Crippen LogP) is 1.49. The van der Waals surface area contributed by atoms with Crippen LogP contribution in [0.5, 0.6) is 0 Å². The zero-order chi connectivity index (χ0) is 13.7. The Balaban J connectivity index is 1.65. The fourth-order valence-corrected chi connectivity index (χ4v) is 3.06. The van der Waals surface area contributed by atoms with Gasteiger partial charge in [-0.2, -0.15) is 0 Å². The van der Waals surface area contributed by atoms with E-state index in [4.69, 9.17) is 5.73 Å². The largest absolute Gasteiger partial charge is 0.368 e. The van der Waals surface area contributed by atoms with E-state index in [0.29, 0.717) is 6.04 Å². The second-order valence-electron chi connectivity index (χ2n) is 6.26. The van der Waals surface area contributed by atoms with E-state index in [-0.39, 0.29) is 11.9 Å². The van der Waals surface area contributed by atoms with Crippen molar-refractivity contribution in [3.8, 4) is 0 Å². The van der Waals surface area contributed by atoms with Gasteiger partial charge in [0.2, 0.25) is 5.91 Å². The van der Waals surface area contributed by atoms with Crippen molar-refractivity contribution in [3.05, 3.63) is 0 Å². The van der Waals surface area contributed by atoms with E-state index in [2.05, 4.69) is 17.1 Å². The number of nitrogens with zero attached hydrogens (tertiary/aromatic N) is 1. The van der Waals surface area contributed by atoms with Crippen LogP contribution in [0.15, 0.2) is 0 Å². The van der Waals surface area contributed by atoms with Gasteiger partial charge in [0.25, 0.3) is 0 Å². The quantitative estimate of drug-likeness (QED) is 0.700. The lowest BCUT2D eigenvalue weighted by Crippen LogP contribution is -2.45. The summed E-state index contributed by atoms with van der Waals surface area (Å²) in [5, 5.41) is 3.36. The van der Waals surface area contributed by atoms with Gasteiger partial charge in [-0.05, 0) is 51.1 Å². The zero-order valence-corrected chi connectivity index (χ0v) is 12.2. The summed E-state index contributed by atoms with van der Waals surface area (Å²) in [6, 6.07) is 0.425. The Morgan fingerprint density at radius 2 is 2.00 bits per heavy atom. The van der Waals surface area contributed by atoms with Gasteiger partial charge in [0.1, 0.15) is 0 Å². The fraction of sp³-hybridized carbons (Fsp3) is 0.933. The molecule has 0 radical (unpaired) electrons. The first-order valence-electron chi connectivity index (χ1n) is 7.96. The lowest BCUT2D eigenvalue weighted by Gasteiger charge is -2.32. The summed E-state index contributed by atoms with van der Waals surface area (Å²) >= 11 is 0. The van der Waals surface area contributed by atoms with Crippen LogP contribution in [0.1, 0.15) is 51.9 Å². The van der Waals surface area contributed by atoms with Gasteiger partial charge in [0.15, 0.2) is 0 Å². The summed E-state index contributed by atoms with van der Waals surface area (Å²) in [6.45, 7) is 5.67. The van der Waals surface area contributed by atoms with Crippen molar-refractivity contribution in [1.29, 1.82) is 0 Å². The highest BCUT2D eigenvalue weighted by Crippen LogP contribution is 2.22. The Morgan fingerprint density at radius 1 is 1.32 bits per heavy atom. The highest BCUT2D eigenvalue weighted by atomic mass is 16.1. The van der Waals surface area contributed by atoms with Gasteiger partial charge < -0.3 is 16.0 Å². The number of carbonyl (C=O) groups is 1. The van der Waals surface area contributed by atoms with Gasteiger partial charge in [-0.15, -0.1) is 0 Å². The van der Waals surface area contributed by atoms with Crippen LogP contribution in [0, 0.1) is 5.92 Å². The Kier molecular flexibility index (Phi) is 5.64. The number of hydrogen-bond donors (Lipinski definition) is 2. The van der Waals surface area contributed by atoms with Crippen molar-refractivity contribution in [2.75, 3.05) is 19.6 Å². The van der Waals surface area contributed by atoms with Crippen LogP contribution in [-0.4, -0.2) is 42.5 Å². The first-order chi connectivity index (χ1) is 9.19. The minimum absolute atomic E-state index is 0.124. The third kappa shape index (κ3) is 5.11. The summed E-state index contributed by atoms with van der Waals surface area (Å²) in [5.74, 6) is 0.741. The Morgan fingerprint density at radius 3 is 2.53 bits per heavy atom. The van der Waals surface area contributed by atoms with E-state index in [1.54, 1.807) is 0 Å². The molecule has 0 aromatic heterocycles. The van der Waals surface area contributed by atoms with Crippen molar-refractivity contribution in [1.82, 2.24) is 10.2 Å². The molecule has 4 nitrogen and oxygen atoms in total. The van der Waals surface area contributed by atoms with Gasteiger partial charge in [-0.1, -0.05) is 19.8 Å². The van der Waals surface area contributed by atoms with Crippen molar-refractivity contribution >= 4 is 5.91 Å². The van der Waals surface area contributed by atoms with Crippen LogP contribution in [-0.2, 0) is 4.79 Å². The first-order valence-corrected chi connectivity index (χ1v) is 7.96. The number of piperidine rings is 1. The minimum atomic E-state index is -0.187. The lowest BCUT2D eigenvalue weighted by atomic mass is 9.92. The van der Waals surface area contributed by atoms with Crippen molar-refractivity contribution in [2.24, 2.45) is 11.7 Å². The van der Waals surface area contributed by atoms with Crippen LogP contribution in [0.2, 0.25) is 0 Å². The number of amides is 1. The maximum Gasteiger partial charge on any atom is 0.234 e. The van der Waals surface area contributed by atoms with Crippen LogP contribution in [0.25, 0.3) is 0 Å². The molecule has 1 saturated heterocycles. The second kappa shape index (κ2) is 7.25. The maximum absolute atomic E-state index is 11.4. The molecule has 4 heteroatoms. The van der Waals surface area contributed by atoms with Gasteiger partial charge in [0, 0.05) is 12.6 Å². The van der Waals surface area contributed by atoms with Crippen molar-refractivity contribution in [2.45, 2.75) is 64.0 Å². The van der Waals surface area contributed by atoms with Gasteiger partial charge >= 0.3 is 0 Å². The highest BCUT2D eigenvalue weighted by molar-refractivity contribution is 5.79. The normalized spacial score (nSPS) is 23.4. The molecule has 0 bridgehead atoms. The number of primary amides is 1. The molecule has 2 aliphatic rings. The standard InChI is InChI=1S/C15H29N3O/c1-2-3-12-6-9-18(10-7-12)11-8-14(15(16)19)17-13-4-5-13/h12-14,17H,2-11H2,1H3,(H2,16,19). The molecule has 3 N–H and O–H groups in total. The van der Waals surface area contributed by atoms with Gasteiger partial charge in [-0.3, -0.25) is 4.79 Å². The van der Waals surface area contributed by atoms with Crippen LogP contribution >= 0.6 is 0 Å². The topological polar surface area (TPSA) is 58.4 Å². The Labute approximate surface area is 117 Å². The molecule has 1 aliphatic carbocycles. The van der Waals surface area contributed by atoms with Gasteiger partial charge in [0.05, 0.1) is 6.04 Å². The van der Waals surface area contributed by atoms with E-state index in [1.807, 2.05) is 0 Å². The molecular weight excluding hydrogens is 238 g/mol. The molecule has 1 unspecified atom stereocenters. The smallest absolute Gasteiger partial charge is 0.234 e. The summed E-state index contributed by atoms with van der Waals surface area (Å²) in [5.41, 5.74) is 5.47. The van der Waals surface area contributed by atoms with E-state index >= 15 is 0 Å².